The van der Waals surface area contributed by atoms with Gasteiger partial charge in [0.2, 0.25) is 0 Å². The van der Waals surface area contributed by atoms with Crippen LogP contribution in [0.5, 0.6) is 0 Å². The molecule has 0 bridgehead atoms. The maximum Gasteiger partial charge on any atom is 0.00676 e. The van der Waals surface area contributed by atoms with Crippen LogP contribution in [-0.2, 0) is 0 Å². The van der Waals surface area contributed by atoms with Crippen molar-refractivity contribution in [2.45, 2.75) is 45.6 Å². The molecule has 0 radical (unpaired) electrons. The minimum Gasteiger partial charge on any atom is -0.327 e. The normalized spacial score (nSPS) is 27.9. The van der Waals surface area contributed by atoms with Crippen molar-refractivity contribution in [3.8, 4) is 0 Å². The van der Waals surface area contributed by atoms with Crippen molar-refractivity contribution in [2.24, 2.45) is 17.6 Å². The Morgan fingerprint density at radius 2 is 2.07 bits per heavy atom. The number of nitrogens with zero attached hydrogens (tertiary/aromatic N) is 1. The van der Waals surface area contributed by atoms with E-state index >= 15 is 0 Å². The Morgan fingerprint density at radius 1 is 1.36 bits per heavy atom. The van der Waals surface area contributed by atoms with Gasteiger partial charge in [-0.05, 0) is 44.7 Å². The van der Waals surface area contributed by atoms with Crippen LogP contribution < -0.4 is 5.73 Å². The Balaban J connectivity index is 2.13. The van der Waals surface area contributed by atoms with E-state index in [4.69, 9.17) is 5.73 Å². The second-order valence-electron chi connectivity index (χ2n) is 5.30. The van der Waals surface area contributed by atoms with Gasteiger partial charge in [-0.15, -0.1) is 0 Å². The van der Waals surface area contributed by atoms with Gasteiger partial charge < -0.3 is 10.6 Å². The quantitative estimate of drug-likeness (QED) is 0.733. The molecule has 0 saturated heterocycles. The van der Waals surface area contributed by atoms with Gasteiger partial charge in [0, 0.05) is 12.6 Å². The largest absolute Gasteiger partial charge is 0.327 e. The van der Waals surface area contributed by atoms with Crippen molar-refractivity contribution < 1.29 is 0 Å². The van der Waals surface area contributed by atoms with Gasteiger partial charge in [-0.3, -0.25) is 0 Å². The summed E-state index contributed by atoms with van der Waals surface area (Å²) in [6.07, 6.45) is 5.25. The zero-order chi connectivity index (χ0) is 10.6. The molecular weight excluding hydrogens is 172 g/mol. The second kappa shape index (κ2) is 5.72. The molecule has 2 heteroatoms. The van der Waals surface area contributed by atoms with E-state index in [9.17, 15) is 0 Å². The van der Waals surface area contributed by atoms with Gasteiger partial charge in [-0.25, -0.2) is 0 Å². The highest BCUT2D eigenvalue weighted by Crippen LogP contribution is 2.26. The fourth-order valence-electron chi connectivity index (χ4n) is 2.52. The Labute approximate surface area is 88.8 Å². The van der Waals surface area contributed by atoms with Gasteiger partial charge in [0.1, 0.15) is 0 Å². The standard InChI is InChI=1S/C12H26N2/c1-10(2)9-14(3)8-7-11-5-4-6-12(11)13/h10-12H,4-9,13H2,1-3H3. The highest BCUT2D eigenvalue weighted by Gasteiger charge is 2.23. The molecule has 2 atom stereocenters. The van der Waals surface area contributed by atoms with Gasteiger partial charge in [0.15, 0.2) is 0 Å². The van der Waals surface area contributed by atoms with Crippen LogP contribution in [0.4, 0.5) is 0 Å². The first kappa shape index (κ1) is 12.0. The lowest BCUT2D eigenvalue weighted by atomic mass is 10.00. The van der Waals surface area contributed by atoms with Gasteiger partial charge in [-0.1, -0.05) is 20.3 Å². The Hall–Kier alpha value is -0.0800. The number of hydrogen-bond donors (Lipinski definition) is 1. The van der Waals surface area contributed by atoms with Gasteiger partial charge in [0.25, 0.3) is 0 Å². The summed E-state index contributed by atoms with van der Waals surface area (Å²) in [5.41, 5.74) is 6.05. The van der Waals surface area contributed by atoms with Crippen LogP contribution in [0.2, 0.25) is 0 Å². The Kier molecular flexibility index (Phi) is 4.90. The fourth-order valence-corrected chi connectivity index (χ4v) is 2.52. The molecule has 1 rings (SSSR count). The summed E-state index contributed by atoms with van der Waals surface area (Å²) in [5.74, 6) is 1.57. The van der Waals surface area contributed by atoms with E-state index < -0.39 is 0 Å². The van der Waals surface area contributed by atoms with Gasteiger partial charge in [-0.2, -0.15) is 0 Å². The predicted molar refractivity (Wildman–Crippen MR) is 62.3 cm³/mol. The second-order valence-corrected chi connectivity index (χ2v) is 5.30. The molecule has 0 aromatic rings. The molecule has 2 nitrogen and oxygen atoms in total. The van der Waals surface area contributed by atoms with Crippen LogP contribution in [-0.4, -0.2) is 31.1 Å². The maximum atomic E-state index is 6.05. The monoisotopic (exact) mass is 198 g/mol. The van der Waals surface area contributed by atoms with Crippen molar-refractivity contribution in [1.82, 2.24) is 4.90 Å². The fraction of sp³-hybridized carbons (Fsp3) is 1.00. The molecule has 0 heterocycles. The number of hydrogen-bond acceptors (Lipinski definition) is 2. The van der Waals surface area contributed by atoms with Crippen LogP contribution in [0.25, 0.3) is 0 Å². The van der Waals surface area contributed by atoms with Gasteiger partial charge in [0.05, 0.1) is 0 Å². The van der Waals surface area contributed by atoms with Crippen LogP contribution in [0, 0.1) is 11.8 Å². The average Bonchev–Trinajstić information content (AvgIpc) is 2.46. The van der Waals surface area contributed by atoms with E-state index in [-0.39, 0.29) is 0 Å². The molecule has 2 N–H and O–H groups in total. The third-order valence-corrected chi connectivity index (χ3v) is 3.28. The Bertz CT molecular complexity index is 156. The van der Waals surface area contributed by atoms with Crippen molar-refractivity contribution in [1.29, 1.82) is 0 Å². The summed E-state index contributed by atoms with van der Waals surface area (Å²) in [4.78, 5) is 2.44. The molecule has 0 aromatic carbocycles. The summed E-state index contributed by atoms with van der Waals surface area (Å²) in [5, 5.41) is 0. The molecule has 0 aliphatic heterocycles. The predicted octanol–water partition coefficient (Wildman–Crippen LogP) is 2.09. The minimum atomic E-state index is 0.488. The summed E-state index contributed by atoms with van der Waals surface area (Å²) >= 11 is 0. The number of rotatable bonds is 5. The van der Waals surface area contributed by atoms with Crippen LogP contribution in [0.15, 0.2) is 0 Å². The van der Waals surface area contributed by atoms with Crippen molar-refractivity contribution >= 4 is 0 Å². The van der Waals surface area contributed by atoms with E-state index in [1.807, 2.05) is 0 Å². The smallest absolute Gasteiger partial charge is 0.00676 e. The van der Waals surface area contributed by atoms with E-state index in [0.29, 0.717) is 6.04 Å². The topological polar surface area (TPSA) is 29.3 Å². The van der Waals surface area contributed by atoms with E-state index in [2.05, 4.69) is 25.8 Å². The third kappa shape index (κ3) is 3.97. The third-order valence-electron chi connectivity index (χ3n) is 3.28. The maximum absolute atomic E-state index is 6.05. The van der Waals surface area contributed by atoms with Crippen LogP contribution in [0.1, 0.15) is 39.5 Å². The molecule has 1 aliphatic rings. The Morgan fingerprint density at radius 3 is 2.57 bits per heavy atom. The van der Waals surface area contributed by atoms with Crippen LogP contribution >= 0.6 is 0 Å². The van der Waals surface area contributed by atoms with E-state index in [1.54, 1.807) is 0 Å². The molecule has 84 valence electrons. The molecule has 1 aliphatic carbocycles. The van der Waals surface area contributed by atoms with Crippen LogP contribution in [0.3, 0.4) is 0 Å². The van der Waals surface area contributed by atoms with Crippen molar-refractivity contribution in [3.05, 3.63) is 0 Å². The average molecular weight is 198 g/mol. The number of nitrogens with two attached hydrogens (primary N) is 1. The summed E-state index contributed by atoms with van der Waals surface area (Å²) in [6.45, 7) is 6.98. The molecule has 0 aromatic heterocycles. The lowest BCUT2D eigenvalue weighted by Crippen LogP contribution is -2.30. The van der Waals surface area contributed by atoms with E-state index in [0.717, 1.165) is 11.8 Å². The molecule has 2 unspecified atom stereocenters. The summed E-state index contributed by atoms with van der Waals surface area (Å²) in [6, 6.07) is 0.488. The first-order chi connectivity index (χ1) is 6.59. The lowest BCUT2D eigenvalue weighted by Gasteiger charge is -2.22. The molecule has 0 amide bonds. The molecule has 1 saturated carbocycles. The summed E-state index contributed by atoms with van der Waals surface area (Å²) < 4.78 is 0. The molecule has 14 heavy (non-hydrogen) atoms. The lowest BCUT2D eigenvalue weighted by molar-refractivity contribution is 0.266. The molecular formula is C12H26N2. The summed E-state index contributed by atoms with van der Waals surface area (Å²) in [7, 11) is 2.22. The first-order valence-electron chi connectivity index (χ1n) is 6.03. The highest BCUT2D eigenvalue weighted by atomic mass is 15.1. The van der Waals surface area contributed by atoms with Crippen molar-refractivity contribution in [2.75, 3.05) is 20.1 Å². The van der Waals surface area contributed by atoms with Crippen molar-refractivity contribution in [3.63, 3.8) is 0 Å². The molecule has 0 spiro atoms. The zero-order valence-electron chi connectivity index (χ0n) is 10.00. The zero-order valence-corrected chi connectivity index (χ0v) is 10.00. The minimum absolute atomic E-state index is 0.488. The van der Waals surface area contributed by atoms with Gasteiger partial charge >= 0.3 is 0 Å². The SMILES string of the molecule is CC(C)CN(C)CCC1CCCC1N. The first-order valence-corrected chi connectivity index (χ1v) is 6.03. The molecule has 1 fully saturated rings. The highest BCUT2D eigenvalue weighted by molar-refractivity contribution is 4.80. The van der Waals surface area contributed by atoms with E-state index in [1.165, 1.54) is 38.8 Å².